The maximum atomic E-state index is 12.6. The molecule has 4 heteroatoms. The van der Waals surface area contributed by atoms with E-state index in [2.05, 4.69) is 18.8 Å². The highest BCUT2D eigenvalue weighted by atomic mass is 16.5. The standard InChI is InChI=1S/C17H23NO3/c1-5-13(3)18(6-2)17(20)15-9-10-16(21-4)14(12-15)8-7-11-19/h9-10,12-13,19H,5-6,11H2,1-4H3. The van der Waals surface area contributed by atoms with Gasteiger partial charge in [-0.2, -0.15) is 0 Å². The number of amides is 1. The molecule has 0 spiro atoms. The second-order valence-corrected chi connectivity index (χ2v) is 4.72. The fraction of sp³-hybridized carbons (Fsp3) is 0.471. The highest BCUT2D eigenvalue weighted by molar-refractivity contribution is 5.95. The number of aliphatic hydroxyl groups is 1. The van der Waals surface area contributed by atoms with Crippen molar-refractivity contribution in [1.29, 1.82) is 0 Å². The molecular formula is C17H23NO3. The van der Waals surface area contributed by atoms with Crippen LogP contribution in [0.25, 0.3) is 0 Å². The molecule has 0 aliphatic carbocycles. The molecule has 0 radical (unpaired) electrons. The van der Waals surface area contributed by atoms with Crippen LogP contribution in [0.15, 0.2) is 18.2 Å². The van der Waals surface area contributed by atoms with Crippen molar-refractivity contribution in [2.24, 2.45) is 0 Å². The number of benzene rings is 1. The smallest absolute Gasteiger partial charge is 0.254 e. The van der Waals surface area contributed by atoms with Crippen molar-refractivity contribution in [1.82, 2.24) is 4.90 Å². The molecular weight excluding hydrogens is 266 g/mol. The van der Waals surface area contributed by atoms with E-state index in [1.54, 1.807) is 25.3 Å². The molecule has 1 aromatic rings. The van der Waals surface area contributed by atoms with E-state index >= 15 is 0 Å². The van der Waals surface area contributed by atoms with Gasteiger partial charge in [0.05, 0.1) is 12.7 Å². The summed E-state index contributed by atoms with van der Waals surface area (Å²) in [4.78, 5) is 14.4. The average molecular weight is 289 g/mol. The van der Waals surface area contributed by atoms with E-state index in [0.29, 0.717) is 23.4 Å². The fourth-order valence-electron chi connectivity index (χ4n) is 2.12. The van der Waals surface area contributed by atoms with Crippen molar-refractivity contribution in [2.75, 3.05) is 20.3 Å². The number of nitrogens with zero attached hydrogens (tertiary/aromatic N) is 1. The third-order valence-electron chi connectivity index (χ3n) is 3.47. The molecule has 0 aromatic heterocycles. The summed E-state index contributed by atoms with van der Waals surface area (Å²) in [6.07, 6.45) is 0.910. The van der Waals surface area contributed by atoms with Gasteiger partial charge in [0.1, 0.15) is 12.4 Å². The van der Waals surface area contributed by atoms with E-state index < -0.39 is 0 Å². The van der Waals surface area contributed by atoms with Crippen LogP contribution in [0, 0.1) is 11.8 Å². The first-order valence-corrected chi connectivity index (χ1v) is 7.17. The maximum Gasteiger partial charge on any atom is 0.254 e. The van der Waals surface area contributed by atoms with Crippen LogP contribution >= 0.6 is 0 Å². The van der Waals surface area contributed by atoms with Crippen LogP contribution < -0.4 is 4.74 Å². The third-order valence-corrected chi connectivity index (χ3v) is 3.47. The van der Waals surface area contributed by atoms with Crippen LogP contribution in [0.1, 0.15) is 43.1 Å². The summed E-state index contributed by atoms with van der Waals surface area (Å²) < 4.78 is 5.22. The predicted molar refractivity (Wildman–Crippen MR) is 83.4 cm³/mol. The lowest BCUT2D eigenvalue weighted by atomic mass is 10.1. The summed E-state index contributed by atoms with van der Waals surface area (Å²) >= 11 is 0. The first-order chi connectivity index (χ1) is 10.1. The Bertz CT molecular complexity index is 543. The Labute approximate surface area is 126 Å². The van der Waals surface area contributed by atoms with Gasteiger partial charge in [-0.3, -0.25) is 4.79 Å². The molecule has 1 atom stereocenters. The van der Waals surface area contributed by atoms with Gasteiger partial charge in [0, 0.05) is 18.2 Å². The van der Waals surface area contributed by atoms with Crippen molar-refractivity contribution in [3.63, 3.8) is 0 Å². The Morgan fingerprint density at radius 1 is 1.43 bits per heavy atom. The molecule has 0 bridgehead atoms. The molecule has 0 saturated heterocycles. The summed E-state index contributed by atoms with van der Waals surface area (Å²) in [7, 11) is 1.55. The van der Waals surface area contributed by atoms with Crippen LogP contribution in [0.3, 0.4) is 0 Å². The summed E-state index contributed by atoms with van der Waals surface area (Å²) in [5.74, 6) is 5.98. The van der Waals surface area contributed by atoms with Crippen LogP contribution in [-0.4, -0.2) is 42.2 Å². The van der Waals surface area contributed by atoms with Gasteiger partial charge in [-0.05, 0) is 38.5 Å². The summed E-state index contributed by atoms with van der Waals surface area (Å²) in [6, 6.07) is 5.39. The van der Waals surface area contributed by atoms with E-state index in [0.717, 1.165) is 6.42 Å². The molecule has 1 unspecified atom stereocenters. The fourth-order valence-corrected chi connectivity index (χ4v) is 2.12. The minimum absolute atomic E-state index is 0.0125. The summed E-state index contributed by atoms with van der Waals surface area (Å²) in [6.45, 7) is 6.51. The summed E-state index contributed by atoms with van der Waals surface area (Å²) in [5, 5.41) is 8.81. The maximum absolute atomic E-state index is 12.6. The molecule has 0 saturated carbocycles. The molecule has 4 nitrogen and oxygen atoms in total. The number of ether oxygens (including phenoxy) is 1. The van der Waals surface area contributed by atoms with Crippen molar-refractivity contribution in [2.45, 2.75) is 33.2 Å². The lowest BCUT2D eigenvalue weighted by molar-refractivity contribution is 0.0700. The van der Waals surface area contributed by atoms with E-state index in [9.17, 15) is 4.79 Å². The zero-order chi connectivity index (χ0) is 15.8. The predicted octanol–water partition coefficient (Wildman–Crippen LogP) is 2.30. The van der Waals surface area contributed by atoms with Crippen LogP contribution in [-0.2, 0) is 0 Å². The largest absolute Gasteiger partial charge is 0.495 e. The van der Waals surface area contributed by atoms with Gasteiger partial charge in [0.2, 0.25) is 0 Å². The number of aliphatic hydroxyl groups excluding tert-OH is 1. The van der Waals surface area contributed by atoms with E-state index in [1.807, 2.05) is 18.7 Å². The van der Waals surface area contributed by atoms with Crippen molar-refractivity contribution in [3.05, 3.63) is 29.3 Å². The number of hydrogen-bond acceptors (Lipinski definition) is 3. The molecule has 1 aromatic carbocycles. The first-order valence-electron chi connectivity index (χ1n) is 7.17. The van der Waals surface area contributed by atoms with Crippen molar-refractivity contribution >= 4 is 5.91 Å². The number of hydrogen-bond donors (Lipinski definition) is 1. The molecule has 1 N–H and O–H groups in total. The van der Waals surface area contributed by atoms with E-state index in [-0.39, 0.29) is 18.6 Å². The van der Waals surface area contributed by atoms with Crippen LogP contribution in [0.4, 0.5) is 0 Å². The molecule has 114 valence electrons. The molecule has 1 amide bonds. The SMILES string of the molecule is CCC(C)N(CC)C(=O)c1ccc(OC)c(C#CCO)c1. The zero-order valence-corrected chi connectivity index (χ0v) is 13.1. The van der Waals surface area contributed by atoms with Gasteiger partial charge in [-0.1, -0.05) is 18.8 Å². The Morgan fingerprint density at radius 2 is 2.14 bits per heavy atom. The second-order valence-electron chi connectivity index (χ2n) is 4.72. The number of methoxy groups -OCH3 is 1. The first kappa shape index (κ1) is 17.1. The van der Waals surface area contributed by atoms with Gasteiger partial charge >= 0.3 is 0 Å². The van der Waals surface area contributed by atoms with E-state index in [1.165, 1.54) is 0 Å². The van der Waals surface area contributed by atoms with Gasteiger partial charge in [-0.15, -0.1) is 0 Å². The third kappa shape index (κ3) is 4.24. The van der Waals surface area contributed by atoms with Crippen molar-refractivity contribution < 1.29 is 14.6 Å². The van der Waals surface area contributed by atoms with Gasteiger partial charge in [-0.25, -0.2) is 0 Å². The van der Waals surface area contributed by atoms with Gasteiger partial charge < -0.3 is 14.7 Å². The molecule has 0 fully saturated rings. The molecule has 1 rings (SSSR count). The molecule has 21 heavy (non-hydrogen) atoms. The minimum atomic E-state index is -0.227. The normalized spacial score (nSPS) is 11.3. The van der Waals surface area contributed by atoms with Crippen LogP contribution in [0.2, 0.25) is 0 Å². The molecule has 0 aliphatic heterocycles. The highest BCUT2D eigenvalue weighted by Crippen LogP contribution is 2.20. The van der Waals surface area contributed by atoms with Crippen LogP contribution in [0.5, 0.6) is 5.75 Å². The Kier molecular flexibility index (Phi) is 6.77. The van der Waals surface area contributed by atoms with Gasteiger partial charge in [0.25, 0.3) is 5.91 Å². The lowest BCUT2D eigenvalue weighted by Crippen LogP contribution is -2.38. The Balaban J connectivity index is 3.15. The Morgan fingerprint density at radius 3 is 2.67 bits per heavy atom. The molecule has 0 heterocycles. The van der Waals surface area contributed by atoms with Gasteiger partial charge in [0.15, 0.2) is 0 Å². The lowest BCUT2D eigenvalue weighted by Gasteiger charge is -2.27. The zero-order valence-electron chi connectivity index (χ0n) is 13.1. The highest BCUT2D eigenvalue weighted by Gasteiger charge is 2.19. The topological polar surface area (TPSA) is 49.8 Å². The molecule has 0 aliphatic rings. The average Bonchev–Trinajstić information content (AvgIpc) is 2.52. The Hall–Kier alpha value is -1.99. The summed E-state index contributed by atoms with van der Waals surface area (Å²) in [5.41, 5.74) is 1.19. The van der Waals surface area contributed by atoms with Crippen molar-refractivity contribution in [3.8, 4) is 17.6 Å². The number of rotatable bonds is 5. The number of carbonyl (C=O) groups excluding carboxylic acids is 1. The van der Waals surface area contributed by atoms with E-state index in [4.69, 9.17) is 9.84 Å². The monoisotopic (exact) mass is 289 g/mol. The number of carbonyl (C=O) groups is 1. The quantitative estimate of drug-likeness (QED) is 0.846. The second kappa shape index (κ2) is 8.33. The minimum Gasteiger partial charge on any atom is -0.495 e.